The Morgan fingerprint density at radius 3 is 2.06 bits per heavy atom. The Kier molecular flexibility index (Phi) is 6.12. The maximum absolute atomic E-state index is 11.5. The van der Waals surface area contributed by atoms with Crippen LogP contribution in [0.5, 0.6) is 0 Å². The Hall–Kier alpha value is -3.42. The molecule has 7 heteroatoms. The van der Waals surface area contributed by atoms with Gasteiger partial charge in [0.1, 0.15) is 0 Å². The number of aryl methyl sites for hydroxylation is 2. The summed E-state index contributed by atoms with van der Waals surface area (Å²) >= 11 is 0. The molecule has 1 aromatic heterocycles. The molecule has 4 rings (SSSR count). The van der Waals surface area contributed by atoms with Crippen molar-refractivity contribution < 1.29 is 8.42 Å². The van der Waals surface area contributed by atoms with Gasteiger partial charge in [0, 0.05) is 29.6 Å². The van der Waals surface area contributed by atoms with E-state index >= 15 is 0 Å². The van der Waals surface area contributed by atoms with Crippen LogP contribution < -0.4 is 10.5 Å². The molecule has 1 heterocycles. The highest BCUT2D eigenvalue weighted by Crippen LogP contribution is 2.24. The molecule has 0 spiro atoms. The summed E-state index contributed by atoms with van der Waals surface area (Å²) in [5.41, 5.74) is 7.45. The van der Waals surface area contributed by atoms with Crippen LogP contribution >= 0.6 is 0 Å². The Bertz CT molecular complexity index is 1310. The second-order valence-corrected chi connectivity index (χ2v) is 9.54. The van der Waals surface area contributed by atoms with E-state index in [1.165, 1.54) is 28.8 Å². The summed E-state index contributed by atoms with van der Waals surface area (Å²) in [7, 11) is -3.70. The van der Waals surface area contributed by atoms with Gasteiger partial charge in [-0.15, -0.1) is 0 Å². The average Bonchev–Trinajstić information content (AvgIpc) is 3.16. The van der Waals surface area contributed by atoms with E-state index in [-0.39, 0.29) is 4.90 Å². The Labute approximate surface area is 188 Å². The zero-order chi connectivity index (χ0) is 22.7. The molecule has 0 unspecified atom stereocenters. The number of nitrogens with zero attached hydrogens (tertiary/aromatic N) is 2. The molecule has 0 amide bonds. The van der Waals surface area contributed by atoms with Crippen molar-refractivity contribution in [3.8, 4) is 11.3 Å². The molecule has 3 aromatic carbocycles. The highest BCUT2D eigenvalue weighted by molar-refractivity contribution is 7.89. The summed E-state index contributed by atoms with van der Waals surface area (Å²) in [5.74, 6) is 0. The predicted molar refractivity (Wildman–Crippen MR) is 128 cm³/mol. The van der Waals surface area contributed by atoms with Crippen LogP contribution in [0.25, 0.3) is 11.3 Å². The molecule has 0 atom stereocenters. The summed E-state index contributed by atoms with van der Waals surface area (Å²) in [6, 6.07) is 23.2. The van der Waals surface area contributed by atoms with Crippen LogP contribution in [-0.2, 0) is 23.1 Å². The van der Waals surface area contributed by atoms with Gasteiger partial charge in [-0.05, 0) is 43.7 Å². The highest BCUT2D eigenvalue weighted by atomic mass is 32.2. The number of hydrogen-bond acceptors (Lipinski definition) is 4. The Morgan fingerprint density at radius 1 is 0.875 bits per heavy atom. The largest absolute Gasteiger partial charge is 0.381 e. The van der Waals surface area contributed by atoms with E-state index in [1.54, 1.807) is 12.1 Å². The van der Waals surface area contributed by atoms with Crippen LogP contribution in [0.1, 0.15) is 22.3 Å². The van der Waals surface area contributed by atoms with Gasteiger partial charge in [-0.1, -0.05) is 59.7 Å². The standard InChI is InChI=1S/C25H26N4O2S/c1-18-3-7-20(8-4-18)16-29-17-22(25(28-29)21-9-5-19(2)6-10-21)15-27-23-11-13-24(14-12-23)32(26,30)31/h3-14,17,27H,15-16H2,1-2H3,(H2,26,30,31). The molecular weight excluding hydrogens is 420 g/mol. The minimum Gasteiger partial charge on any atom is -0.381 e. The summed E-state index contributed by atoms with van der Waals surface area (Å²) < 4.78 is 24.9. The first-order chi connectivity index (χ1) is 15.3. The van der Waals surface area contributed by atoms with Crippen molar-refractivity contribution >= 4 is 15.7 Å². The molecule has 0 fully saturated rings. The third-order valence-electron chi connectivity index (χ3n) is 5.29. The maximum Gasteiger partial charge on any atom is 0.238 e. The molecule has 6 nitrogen and oxygen atoms in total. The third-order valence-corrected chi connectivity index (χ3v) is 6.22. The van der Waals surface area contributed by atoms with E-state index in [2.05, 4.69) is 73.9 Å². The van der Waals surface area contributed by atoms with Gasteiger partial charge in [-0.3, -0.25) is 4.68 Å². The van der Waals surface area contributed by atoms with Crippen molar-refractivity contribution in [2.75, 3.05) is 5.32 Å². The molecule has 32 heavy (non-hydrogen) atoms. The van der Waals surface area contributed by atoms with Crippen molar-refractivity contribution in [3.63, 3.8) is 0 Å². The molecule has 0 aliphatic heterocycles. The Balaban J connectivity index is 1.59. The summed E-state index contributed by atoms with van der Waals surface area (Å²) in [6.45, 7) is 5.37. The molecule has 4 aromatic rings. The summed E-state index contributed by atoms with van der Waals surface area (Å²) in [4.78, 5) is 0.0920. The molecule has 0 saturated carbocycles. The lowest BCUT2D eigenvalue weighted by Crippen LogP contribution is -2.12. The fraction of sp³-hybridized carbons (Fsp3) is 0.160. The highest BCUT2D eigenvalue weighted by Gasteiger charge is 2.12. The lowest BCUT2D eigenvalue weighted by Gasteiger charge is -2.08. The van der Waals surface area contributed by atoms with Crippen LogP contribution in [-0.4, -0.2) is 18.2 Å². The number of nitrogens with two attached hydrogens (primary N) is 1. The minimum absolute atomic E-state index is 0.0920. The number of anilines is 1. The topological polar surface area (TPSA) is 90.0 Å². The SMILES string of the molecule is Cc1ccc(Cn2cc(CNc3ccc(S(N)(=O)=O)cc3)c(-c3ccc(C)cc3)n2)cc1. The monoisotopic (exact) mass is 446 g/mol. The molecule has 0 saturated heterocycles. The first-order valence-corrected chi connectivity index (χ1v) is 11.9. The summed E-state index contributed by atoms with van der Waals surface area (Å²) in [5, 5.41) is 13.4. The van der Waals surface area contributed by atoms with Gasteiger partial charge in [-0.25, -0.2) is 13.6 Å². The van der Waals surface area contributed by atoms with Crippen molar-refractivity contribution in [1.29, 1.82) is 0 Å². The molecule has 164 valence electrons. The molecule has 0 radical (unpaired) electrons. The van der Waals surface area contributed by atoms with E-state index in [0.717, 1.165) is 22.5 Å². The smallest absolute Gasteiger partial charge is 0.238 e. The van der Waals surface area contributed by atoms with Crippen LogP contribution in [0, 0.1) is 13.8 Å². The second-order valence-electron chi connectivity index (χ2n) is 7.98. The van der Waals surface area contributed by atoms with Gasteiger partial charge in [0.15, 0.2) is 0 Å². The second kappa shape index (κ2) is 8.98. The van der Waals surface area contributed by atoms with Crippen LogP contribution in [0.3, 0.4) is 0 Å². The van der Waals surface area contributed by atoms with E-state index in [0.29, 0.717) is 13.1 Å². The molecule has 0 aliphatic carbocycles. The lowest BCUT2D eigenvalue weighted by molar-refractivity contribution is 0.598. The molecule has 0 bridgehead atoms. The third kappa shape index (κ3) is 5.25. The summed E-state index contributed by atoms with van der Waals surface area (Å²) in [6.07, 6.45) is 2.06. The average molecular weight is 447 g/mol. The molecule has 0 aliphatic rings. The van der Waals surface area contributed by atoms with Crippen molar-refractivity contribution in [2.24, 2.45) is 5.14 Å². The number of primary sulfonamides is 1. The zero-order valence-electron chi connectivity index (χ0n) is 18.1. The molecular formula is C25H26N4O2S. The molecule has 3 N–H and O–H groups in total. The predicted octanol–water partition coefficient (Wildman–Crippen LogP) is 4.47. The number of sulfonamides is 1. The van der Waals surface area contributed by atoms with Gasteiger partial charge in [-0.2, -0.15) is 5.10 Å². The van der Waals surface area contributed by atoms with E-state index in [4.69, 9.17) is 10.2 Å². The van der Waals surface area contributed by atoms with E-state index in [1.807, 2.05) is 4.68 Å². The van der Waals surface area contributed by atoms with Crippen molar-refractivity contribution in [2.45, 2.75) is 31.8 Å². The fourth-order valence-electron chi connectivity index (χ4n) is 3.47. The minimum atomic E-state index is -3.70. The fourth-order valence-corrected chi connectivity index (χ4v) is 3.98. The van der Waals surface area contributed by atoms with Crippen LogP contribution in [0.15, 0.2) is 83.9 Å². The number of hydrogen-bond donors (Lipinski definition) is 2. The first kappa shape index (κ1) is 21.8. The number of rotatable bonds is 7. The number of aromatic nitrogens is 2. The van der Waals surface area contributed by atoms with Gasteiger partial charge < -0.3 is 5.32 Å². The van der Waals surface area contributed by atoms with Crippen LogP contribution in [0.4, 0.5) is 5.69 Å². The maximum atomic E-state index is 11.5. The Morgan fingerprint density at radius 2 is 1.47 bits per heavy atom. The van der Waals surface area contributed by atoms with Crippen molar-refractivity contribution in [3.05, 3.63) is 101 Å². The first-order valence-electron chi connectivity index (χ1n) is 10.3. The van der Waals surface area contributed by atoms with E-state index in [9.17, 15) is 8.42 Å². The van der Waals surface area contributed by atoms with Gasteiger partial charge in [0.25, 0.3) is 0 Å². The normalized spacial score (nSPS) is 11.5. The quantitative estimate of drug-likeness (QED) is 0.438. The van der Waals surface area contributed by atoms with Crippen LogP contribution in [0.2, 0.25) is 0 Å². The van der Waals surface area contributed by atoms with E-state index < -0.39 is 10.0 Å². The zero-order valence-corrected chi connectivity index (χ0v) is 18.9. The lowest BCUT2D eigenvalue weighted by atomic mass is 10.1. The number of nitrogens with one attached hydrogen (secondary N) is 1. The van der Waals surface area contributed by atoms with Gasteiger partial charge in [0.2, 0.25) is 10.0 Å². The van der Waals surface area contributed by atoms with Gasteiger partial charge in [0.05, 0.1) is 17.1 Å². The van der Waals surface area contributed by atoms with Gasteiger partial charge >= 0.3 is 0 Å². The van der Waals surface area contributed by atoms with Crippen molar-refractivity contribution in [1.82, 2.24) is 9.78 Å². The number of benzene rings is 3.